The molecule has 0 radical (unpaired) electrons. The van der Waals surface area contributed by atoms with Crippen molar-refractivity contribution >= 4 is 15.8 Å². The van der Waals surface area contributed by atoms with Crippen molar-refractivity contribution in [2.75, 3.05) is 44.3 Å². The minimum absolute atomic E-state index is 0.152. The molecule has 1 fully saturated rings. The molecule has 0 saturated carbocycles. The van der Waals surface area contributed by atoms with Crippen LogP contribution in [-0.4, -0.2) is 62.3 Å². The molecule has 0 N–H and O–H groups in total. The molecule has 0 unspecified atom stereocenters. The summed E-state index contributed by atoms with van der Waals surface area (Å²) in [5.41, 5.74) is 0.652. The van der Waals surface area contributed by atoms with E-state index in [4.69, 9.17) is 13.9 Å². The van der Waals surface area contributed by atoms with E-state index in [0.717, 1.165) is 0 Å². The van der Waals surface area contributed by atoms with Crippen molar-refractivity contribution in [2.24, 2.45) is 0 Å². The van der Waals surface area contributed by atoms with Crippen LogP contribution in [0, 0.1) is 0 Å². The van der Waals surface area contributed by atoms with Crippen molar-refractivity contribution in [3.63, 3.8) is 0 Å². The van der Waals surface area contributed by atoms with Crippen molar-refractivity contribution in [2.45, 2.75) is 18.7 Å². The number of hydrogen-bond donors (Lipinski definition) is 0. The Kier molecular flexibility index (Phi) is 6.61. The third-order valence-corrected chi connectivity index (χ3v) is 7.07. The van der Waals surface area contributed by atoms with Crippen molar-refractivity contribution in [3.05, 3.63) is 48.7 Å². The van der Waals surface area contributed by atoms with Gasteiger partial charge in [-0.25, -0.2) is 8.42 Å². The highest BCUT2D eigenvalue weighted by Gasteiger charge is 2.31. The maximum atomic E-state index is 13.3. The molecule has 2 aromatic heterocycles. The van der Waals surface area contributed by atoms with Gasteiger partial charge in [0.1, 0.15) is 22.1 Å². The Hall–Kier alpha value is -3.11. The molecule has 1 aliphatic heterocycles. The first-order chi connectivity index (χ1) is 15.5. The van der Waals surface area contributed by atoms with Crippen LogP contribution in [0.15, 0.2) is 58.0 Å². The lowest BCUT2D eigenvalue weighted by atomic mass is 10.3. The fourth-order valence-corrected chi connectivity index (χ4v) is 5.11. The lowest BCUT2D eigenvalue weighted by molar-refractivity contribution is 0.314. The average molecular weight is 459 g/mol. The number of sulfonamides is 1. The van der Waals surface area contributed by atoms with E-state index in [1.807, 2.05) is 36.9 Å². The third kappa shape index (κ3) is 4.56. The largest absolute Gasteiger partial charge is 0.494 e. The summed E-state index contributed by atoms with van der Waals surface area (Å²) < 4.78 is 44.6. The fourth-order valence-electron chi connectivity index (χ4n) is 3.57. The Morgan fingerprint density at radius 3 is 2.38 bits per heavy atom. The van der Waals surface area contributed by atoms with E-state index in [2.05, 4.69) is 10.2 Å². The second-order valence-electron chi connectivity index (χ2n) is 7.12. The molecule has 1 aromatic carbocycles. The summed E-state index contributed by atoms with van der Waals surface area (Å²) in [6, 6.07) is 12.2. The molecule has 170 valence electrons. The first kappa shape index (κ1) is 22.1. The smallest absolute Gasteiger partial charge is 0.246 e. The SMILES string of the molecule is CCOc1ccc(S(=O)(=O)N2CCN(c3ccc(-c4ccco4)nn3)CC2)c(OCC)c1. The Morgan fingerprint density at radius 1 is 0.969 bits per heavy atom. The van der Waals surface area contributed by atoms with Gasteiger partial charge < -0.3 is 18.8 Å². The van der Waals surface area contributed by atoms with E-state index < -0.39 is 10.0 Å². The van der Waals surface area contributed by atoms with Crippen molar-refractivity contribution in [1.29, 1.82) is 0 Å². The molecule has 1 aliphatic rings. The van der Waals surface area contributed by atoms with Gasteiger partial charge in [-0.1, -0.05) is 0 Å². The Bertz CT molecular complexity index is 1130. The van der Waals surface area contributed by atoms with E-state index in [1.165, 1.54) is 4.31 Å². The van der Waals surface area contributed by atoms with Crippen molar-refractivity contribution < 1.29 is 22.3 Å². The number of nitrogens with zero attached hydrogens (tertiary/aromatic N) is 4. The van der Waals surface area contributed by atoms with Gasteiger partial charge in [0.2, 0.25) is 10.0 Å². The third-order valence-electron chi connectivity index (χ3n) is 5.13. The molecule has 0 bridgehead atoms. The number of anilines is 1. The van der Waals surface area contributed by atoms with Crippen LogP contribution in [0.25, 0.3) is 11.5 Å². The summed E-state index contributed by atoms with van der Waals surface area (Å²) in [7, 11) is -3.71. The number of benzene rings is 1. The van der Waals surface area contributed by atoms with Crippen LogP contribution in [-0.2, 0) is 10.0 Å². The first-order valence-electron chi connectivity index (χ1n) is 10.5. The van der Waals surface area contributed by atoms with Gasteiger partial charge in [0, 0.05) is 32.2 Å². The molecule has 9 nitrogen and oxygen atoms in total. The van der Waals surface area contributed by atoms with Crippen LogP contribution < -0.4 is 14.4 Å². The maximum absolute atomic E-state index is 13.3. The van der Waals surface area contributed by atoms with Crippen LogP contribution in [0.3, 0.4) is 0 Å². The molecule has 4 rings (SSSR count). The lowest BCUT2D eigenvalue weighted by Gasteiger charge is -2.34. The molecule has 0 spiro atoms. The first-order valence-corrected chi connectivity index (χ1v) is 12.0. The number of hydrogen-bond acceptors (Lipinski definition) is 8. The van der Waals surface area contributed by atoms with Crippen molar-refractivity contribution in [1.82, 2.24) is 14.5 Å². The Labute approximate surface area is 187 Å². The number of aromatic nitrogens is 2. The van der Waals surface area contributed by atoms with Gasteiger partial charge in [0.05, 0.1) is 19.5 Å². The predicted molar refractivity (Wildman–Crippen MR) is 119 cm³/mol. The number of rotatable bonds is 8. The van der Waals surface area contributed by atoms with Gasteiger partial charge in [0.25, 0.3) is 0 Å². The highest BCUT2D eigenvalue weighted by molar-refractivity contribution is 7.89. The van der Waals surface area contributed by atoms with Gasteiger partial charge in [-0.05, 0) is 50.2 Å². The summed E-state index contributed by atoms with van der Waals surface area (Å²) in [4.78, 5) is 2.17. The highest BCUT2D eigenvalue weighted by Crippen LogP contribution is 2.32. The molecular weight excluding hydrogens is 432 g/mol. The lowest BCUT2D eigenvalue weighted by Crippen LogP contribution is -2.49. The second kappa shape index (κ2) is 9.58. The topological polar surface area (TPSA) is 98.0 Å². The summed E-state index contributed by atoms with van der Waals surface area (Å²) in [6.07, 6.45) is 1.59. The summed E-state index contributed by atoms with van der Waals surface area (Å²) in [5.74, 6) is 2.24. The normalized spacial score (nSPS) is 15.0. The number of ether oxygens (including phenoxy) is 2. The molecule has 0 amide bonds. The van der Waals surface area contributed by atoms with Gasteiger partial charge in [-0.2, -0.15) is 4.31 Å². The molecular formula is C22H26N4O5S. The van der Waals surface area contributed by atoms with Crippen LogP contribution in [0.1, 0.15) is 13.8 Å². The van der Waals surface area contributed by atoms with Crippen LogP contribution >= 0.6 is 0 Å². The number of furan rings is 1. The summed E-state index contributed by atoms with van der Waals surface area (Å²) in [6.45, 7) is 6.24. The van der Waals surface area contributed by atoms with E-state index in [0.29, 0.717) is 68.2 Å². The van der Waals surface area contributed by atoms with Gasteiger partial charge in [0.15, 0.2) is 11.6 Å². The summed E-state index contributed by atoms with van der Waals surface area (Å²) >= 11 is 0. The minimum Gasteiger partial charge on any atom is -0.494 e. The van der Waals surface area contributed by atoms with E-state index >= 15 is 0 Å². The molecule has 32 heavy (non-hydrogen) atoms. The zero-order valence-corrected chi connectivity index (χ0v) is 18.9. The van der Waals surface area contributed by atoms with Gasteiger partial charge >= 0.3 is 0 Å². The van der Waals surface area contributed by atoms with E-state index in [1.54, 1.807) is 30.5 Å². The zero-order chi connectivity index (χ0) is 22.6. The predicted octanol–water partition coefficient (Wildman–Crippen LogP) is 3.04. The molecule has 1 saturated heterocycles. The van der Waals surface area contributed by atoms with Gasteiger partial charge in [-0.15, -0.1) is 10.2 Å². The fraction of sp³-hybridized carbons (Fsp3) is 0.364. The van der Waals surface area contributed by atoms with Gasteiger partial charge in [-0.3, -0.25) is 0 Å². The Balaban J connectivity index is 1.46. The van der Waals surface area contributed by atoms with Crippen LogP contribution in [0.4, 0.5) is 5.82 Å². The zero-order valence-electron chi connectivity index (χ0n) is 18.1. The molecule has 3 aromatic rings. The maximum Gasteiger partial charge on any atom is 0.246 e. The Morgan fingerprint density at radius 2 is 1.75 bits per heavy atom. The standard InChI is InChI=1S/C22H26N4O5S/c1-3-29-17-7-9-21(20(16-17)30-4-2)32(27,28)26-13-11-25(12-14-26)22-10-8-18(23-24-22)19-6-5-15-31-19/h5-10,15-16H,3-4,11-14H2,1-2H3. The van der Waals surface area contributed by atoms with E-state index in [-0.39, 0.29) is 4.90 Å². The quantitative estimate of drug-likeness (QED) is 0.508. The van der Waals surface area contributed by atoms with Crippen molar-refractivity contribution in [3.8, 4) is 23.0 Å². The highest BCUT2D eigenvalue weighted by atomic mass is 32.2. The number of piperazine rings is 1. The molecule has 0 atom stereocenters. The average Bonchev–Trinajstić information content (AvgIpc) is 3.35. The molecule has 10 heteroatoms. The minimum atomic E-state index is -3.71. The summed E-state index contributed by atoms with van der Waals surface area (Å²) in [5, 5.41) is 8.50. The monoisotopic (exact) mass is 458 g/mol. The molecule has 0 aliphatic carbocycles. The van der Waals surface area contributed by atoms with Crippen LogP contribution in [0.5, 0.6) is 11.5 Å². The second-order valence-corrected chi connectivity index (χ2v) is 9.03. The molecule has 3 heterocycles. The van der Waals surface area contributed by atoms with Crippen LogP contribution in [0.2, 0.25) is 0 Å². The van der Waals surface area contributed by atoms with E-state index in [9.17, 15) is 8.42 Å².